The molecule has 17 heavy (non-hydrogen) atoms. The van der Waals surface area contributed by atoms with Gasteiger partial charge in [0.05, 0.1) is 0 Å². The van der Waals surface area contributed by atoms with Gasteiger partial charge in [0.1, 0.15) is 0 Å². The van der Waals surface area contributed by atoms with E-state index in [2.05, 4.69) is 13.2 Å². The summed E-state index contributed by atoms with van der Waals surface area (Å²) in [6, 6.07) is 0.135. The molecule has 1 heterocycles. The Kier molecular flexibility index (Phi) is 6.26. The van der Waals surface area contributed by atoms with E-state index in [0.717, 1.165) is 11.3 Å². The van der Waals surface area contributed by atoms with E-state index in [4.69, 9.17) is 0 Å². The van der Waals surface area contributed by atoms with Crippen molar-refractivity contribution in [2.45, 2.75) is 40.7 Å². The van der Waals surface area contributed by atoms with Gasteiger partial charge in [0, 0.05) is 22.9 Å². The molecule has 0 bridgehead atoms. The van der Waals surface area contributed by atoms with Crippen LogP contribution >= 0.6 is 0 Å². The lowest BCUT2D eigenvalue weighted by Gasteiger charge is -2.20. The van der Waals surface area contributed by atoms with Crippen molar-refractivity contribution in [1.82, 2.24) is 4.90 Å². The summed E-state index contributed by atoms with van der Waals surface area (Å²) in [5.41, 5.74) is 2.38. The monoisotopic (exact) mass is 233 g/mol. The van der Waals surface area contributed by atoms with Gasteiger partial charge >= 0.3 is 0 Å². The van der Waals surface area contributed by atoms with Gasteiger partial charge < -0.3 is 4.90 Å². The van der Waals surface area contributed by atoms with Crippen LogP contribution < -0.4 is 0 Å². The minimum absolute atomic E-state index is 0.0167. The lowest BCUT2D eigenvalue weighted by Crippen LogP contribution is -2.30. The fourth-order valence-electron chi connectivity index (χ4n) is 1.80. The fraction of sp³-hybridized carbons (Fsp3) is 0.400. The summed E-state index contributed by atoms with van der Waals surface area (Å²) in [7, 11) is 0. The zero-order valence-electron chi connectivity index (χ0n) is 11.6. The second-order valence-corrected chi connectivity index (χ2v) is 3.73. The van der Waals surface area contributed by atoms with Crippen LogP contribution in [0, 0.1) is 0 Å². The zero-order chi connectivity index (χ0) is 13.6. The molecule has 2 nitrogen and oxygen atoms in total. The molecule has 1 rings (SSSR count). The van der Waals surface area contributed by atoms with Crippen molar-refractivity contribution >= 4 is 5.91 Å². The Balaban J connectivity index is 0.00000121. The molecule has 94 valence electrons. The van der Waals surface area contributed by atoms with Crippen molar-refractivity contribution in [3.05, 3.63) is 48.2 Å². The van der Waals surface area contributed by atoms with Gasteiger partial charge in [-0.1, -0.05) is 39.2 Å². The van der Waals surface area contributed by atoms with E-state index in [1.54, 1.807) is 17.1 Å². The molecule has 1 aliphatic rings. The van der Waals surface area contributed by atoms with Gasteiger partial charge in [-0.2, -0.15) is 0 Å². The van der Waals surface area contributed by atoms with Crippen molar-refractivity contribution in [3.8, 4) is 0 Å². The van der Waals surface area contributed by atoms with Crippen molar-refractivity contribution in [2.75, 3.05) is 0 Å². The third kappa shape index (κ3) is 2.96. The molecular weight excluding hydrogens is 210 g/mol. The standard InChI is InChI=1S/C13H17NO.C2H6/c1-6-8-12-11(7-2)10(5)14(9(3)4)13(12)15;1-2/h6-9H,1,5H2,2-4H3;1-2H3/b11-7-,12-8+;. The molecule has 1 fully saturated rings. The maximum Gasteiger partial charge on any atom is 0.259 e. The molecule has 0 spiro atoms. The number of carbonyl (C=O) groups excluding carboxylic acids is 1. The molecule has 0 aliphatic carbocycles. The van der Waals surface area contributed by atoms with Gasteiger partial charge in [0.25, 0.3) is 5.91 Å². The van der Waals surface area contributed by atoms with E-state index < -0.39 is 0 Å². The highest BCUT2D eigenvalue weighted by molar-refractivity contribution is 6.05. The van der Waals surface area contributed by atoms with Crippen molar-refractivity contribution in [2.24, 2.45) is 0 Å². The van der Waals surface area contributed by atoms with Crippen LogP contribution in [-0.4, -0.2) is 16.8 Å². The van der Waals surface area contributed by atoms with Gasteiger partial charge in [0.2, 0.25) is 0 Å². The van der Waals surface area contributed by atoms with E-state index in [9.17, 15) is 4.79 Å². The summed E-state index contributed by atoms with van der Waals surface area (Å²) < 4.78 is 0. The van der Waals surface area contributed by atoms with E-state index in [1.165, 1.54) is 0 Å². The first-order valence-corrected chi connectivity index (χ1v) is 6.06. The number of amides is 1. The highest BCUT2D eigenvalue weighted by Crippen LogP contribution is 2.33. The lowest BCUT2D eigenvalue weighted by molar-refractivity contribution is -0.124. The van der Waals surface area contributed by atoms with Gasteiger partial charge in [-0.15, -0.1) is 0 Å². The quantitative estimate of drug-likeness (QED) is 0.664. The Labute approximate surface area is 105 Å². The molecule has 1 aliphatic heterocycles. The maximum atomic E-state index is 12.0. The van der Waals surface area contributed by atoms with Crippen LogP contribution in [0.4, 0.5) is 0 Å². The van der Waals surface area contributed by atoms with E-state index in [1.807, 2.05) is 40.7 Å². The summed E-state index contributed by atoms with van der Waals surface area (Å²) in [6.07, 6.45) is 5.29. The van der Waals surface area contributed by atoms with Crippen molar-refractivity contribution in [1.29, 1.82) is 0 Å². The minimum Gasteiger partial charge on any atom is -0.306 e. The Morgan fingerprint density at radius 3 is 2.12 bits per heavy atom. The molecule has 0 saturated carbocycles. The molecule has 1 saturated heterocycles. The summed E-state index contributed by atoms with van der Waals surface area (Å²) in [5, 5.41) is 0. The van der Waals surface area contributed by atoms with Crippen LogP contribution in [0.1, 0.15) is 34.6 Å². The van der Waals surface area contributed by atoms with Crippen LogP contribution in [-0.2, 0) is 4.79 Å². The highest BCUT2D eigenvalue weighted by Gasteiger charge is 2.34. The van der Waals surface area contributed by atoms with Crippen LogP contribution in [0.25, 0.3) is 0 Å². The molecule has 2 heteroatoms. The van der Waals surface area contributed by atoms with Gasteiger partial charge in [-0.25, -0.2) is 0 Å². The first-order valence-electron chi connectivity index (χ1n) is 6.06. The number of likely N-dealkylation sites (tertiary alicyclic amines) is 1. The smallest absolute Gasteiger partial charge is 0.259 e. The summed E-state index contributed by atoms with van der Waals surface area (Å²) in [5.74, 6) is 0.0167. The van der Waals surface area contributed by atoms with E-state index in [-0.39, 0.29) is 11.9 Å². The van der Waals surface area contributed by atoms with Crippen LogP contribution in [0.2, 0.25) is 0 Å². The topological polar surface area (TPSA) is 20.3 Å². The Hall–Kier alpha value is -1.57. The second kappa shape index (κ2) is 6.89. The predicted molar refractivity (Wildman–Crippen MR) is 74.5 cm³/mol. The Morgan fingerprint density at radius 2 is 1.76 bits per heavy atom. The molecule has 0 aromatic carbocycles. The number of allylic oxidation sites excluding steroid dienone is 4. The average molecular weight is 233 g/mol. The van der Waals surface area contributed by atoms with Gasteiger partial charge in [-0.05, 0) is 26.8 Å². The SMILES string of the molecule is C=C/C=C1/C(=O)N(C(C)C)C(=C)/C1=C/C.CC. The molecule has 0 aromatic rings. The predicted octanol–water partition coefficient (Wildman–Crippen LogP) is 3.84. The minimum atomic E-state index is 0.0167. The maximum absolute atomic E-state index is 12.0. The third-order valence-electron chi connectivity index (χ3n) is 2.43. The van der Waals surface area contributed by atoms with Gasteiger partial charge in [-0.3, -0.25) is 4.79 Å². The molecule has 0 atom stereocenters. The number of hydrogen-bond acceptors (Lipinski definition) is 1. The summed E-state index contributed by atoms with van der Waals surface area (Å²) in [6.45, 7) is 17.4. The third-order valence-corrected chi connectivity index (χ3v) is 2.43. The molecular formula is C15H23NO. The first-order chi connectivity index (χ1) is 8.04. The zero-order valence-corrected chi connectivity index (χ0v) is 11.6. The number of rotatable bonds is 2. The Morgan fingerprint density at radius 1 is 1.24 bits per heavy atom. The van der Waals surface area contributed by atoms with Crippen LogP contribution in [0.15, 0.2) is 48.2 Å². The van der Waals surface area contributed by atoms with Crippen molar-refractivity contribution in [3.63, 3.8) is 0 Å². The van der Waals surface area contributed by atoms with E-state index in [0.29, 0.717) is 5.57 Å². The first kappa shape index (κ1) is 15.4. The second-order valence-electron chi connectivity index (χ2n) is 3.73. The number of hydrogen-bond donors (Lipinski definition) is 0. The average Bonchev–Trinajstić information content (AvgIpc) is 2.54. The fourth-order valence-corrected chi connectivity index (χ4v) is 1.80. The summed E-state index contributed by atoms with van der Waals surface area (Å²) >= 11 is 0. The Bertz CT molecular complexity index is 372. The van der Waals surface area contributed by atoms with Crippen LogP contribution in [0.3, 0.4) is 0 Å². The molecule has 0 unspecified atom stereocenters. The molecule has 1 amide bonds. The number of nitrogens with zero attached hydrogens (tertiary/aromatic N) is 1. The number of carbonyl (C=O) groups is 1. The van der Waals surface area contributed by atoms with Crippen LogP contribution in [0.5, 0.6) is 0 Å². The molecule has 0 aromatic heterocycles. The lowest BCUT2D eigenvalue weighted by atomic mass is 10.1. The molecule has 0 radical (unpaired) electrons. The van der Waals surface area contributed by atoms with E-state index >= 15 is 0 Å². The van der Waals surface area contributed by atoms with Gasteiger partial charge in [0.15, 0.2) is 0 Å². The largest absolute Gasteiger partial charge is 0.306 e. The normalized spacial score (nSPS) is 20.0. The summed E-state index contributed by atoms with van der Waals surface area (Å²) in [4.78, 5) is 13.7. The van der Waals surface area contributed by atoms with Crippen molar-refractivity contribution < 1.29 is 4.79 Å². The molecule has 0 N–H and O–H groups in total. The highest BCUT2D eigenvalue weighted by atomic mass is 16.2.